The molecule has 4 heteroatoms. The van der Waals surface area contributed by atoms with E-state index in [-0.39, 0.29) is 5.54 Å². The summed E-state index contributed by atoms with van der Waals surface area (Å²) in [7, 11) is 3.53. The molecule has 1 saturated heterocycles. The van der Waals surface area contributed by atoms with Crippen LogP contribution in [0.4, 0.5) is 0 Å². The molecule has 1 aliphatic carbocycles. The quantitative estimate of drug-likeness (QED) is 0.920. The number of nitrogens with zero attached hydrogens (tertiary/aromatic N) is 1. The lowest BCUT2D eigenvalue weighted by Gasteiger charge is -2.45. The van der Waals surface area contributed by atoms with Gasteiger partial charge in [0.05, 0.1) is 18.8 Å². The summed E-state index contributed by atoms with van der Waals surface area (Å²) in [6.07, 6.45) is 4.90. The number of methoxy groups -OCH3 is 2. The lowest BCUT2D eigenvalue weighted by Crippen LogP contribution is -2.52. The van der Waals surface area contributed by atoms with Crippen molar-refractivity contribution in [3.8, 4) is 5.75 Å². The highest BCUT2D eigenvalue weighted by Crippen LogP contribution is 2.42. The Labute approximate surface area is 127 Å². The van der Waals surface area contributed by atoms with Crippen LogP contribution >= 0.6 is 0 Å². The lowest BCUT2D eigenvalue weighted by molar-refractivity contribution is 0.0621. The van der Waals surface area contributed by atoms with Crippen molar-refractivity contribution in [1.29, 1.82) is 0 Å². The van der Waals surface area contributed by atoms with Gasteiger partial charge in [0, 0.05) is 26.7 Å². The minimum absolute atomic E-state index is 0.0462. The van der Waals surface area contributed by atoms with Gasteiger partial charge in [0.1, 0.15) is 5.75 Å². The van der Waals surface area contributed by atoms with Crippen LogP contribution in [0.3, 0.4) is 0 Å². The third-order valence-electron chi connectivity index (χ3n) is 5.28. The summed E-state index contributed by atoms with van der Waals surface area (Å²) < 4.78 is 11.0. The Bertz CT molecular complexity index is 506. The van der Waals surface area contributed by atoms with Crippen LogP contribution in [0.5, 0.6) is 5.75 Å². The molecule has 4 nitrogen and oxygen atoms in total. The van der Waals surface area contributed by atoms with Crippen molar-refractivity contribution >= 4 is 0 Å². The van der Waals surface area contributed by atoms with Crippen molar-refractivity contribution < 1.29 is 9.47 Å². The van der Waals surface area contributed by atoms with Crippen LogP contribution in [-0.4, -0.2) is 44.9 Å². The van der Waals surface area contributed by atoms with Crippen molar-refractivity contribution in [2.45, 2.75) is 37.3 Å². The first-order valence-corrected chi connectivity index (χ1v) is 7.89. The Balaban J connectivity index is 2.00. The van der Waals surface area contributed by atoms with Gasteiger partial charge in [-0.3, -0.25) is 4.90 Å². The molecule has 2 N–H and O–H groups in total. The Morgan fingerprint density at radius 1 is 1.38 bits per heavy atom. The molecule has 1 fully saturated rings. The Morgan fingerprint density at radius 3 is 2.90 bits per heavy atom. The molecule has 0 amide bonds. The van der Waals surface area contributed by atoms with Crippen molar-refractivity contribution in [3.05, 3.63) is 29.3 Å². The lowest BCUT2D eigenvalue weighted by atomic mass is 9.75. The number of fused-ring (bicyclic) bond motifs is 1. The zero-order chi connectivity index (χ0) is 14.9. The van der Waals surface area contributed by atoms with E-state index in [1.807, 2.05) is 0 Å². The van der Waals surface area contributed by atoms with Crippen LogP contribution < -0.4 is 10.5 Å². The Kier molecular flexibility index (Phi) is 4.20. The van der Waals surface area contributed by atoms with Crippen LogP contribution in [0.2, 0.25) is 0 Å². The van der Waals surface area contributed by atoms with Gasteiger partial charge in [-0.25, -0.2) is 0 Å². The predicted octanol–water partition coefficient (Wildman–Crippen LogP) is 1.91. The molecule has 1 aromatic carbocycles. The number of ether oxygens (including phenoxy) is 2. The molecule has 1 heterocycles. The van der Waals surface area contributed by atoms with E-state index < -0.39 is 0 Å². The van der Waals surface area contributed by atoms with Crippen molar-refractivity contribution in [2.75, 3.05) is 33.9 Å². The molecule has 0 radical (unpaired) electrons. The molecule has 2 unspecified atom stereocenters. The van der Waals surface area contributed by atoms with Crippen LogP contribution in [0.25, 0.3) is 0 Å². The fourth-order valence-electron chi connectivity index (χ4n) is 4.02. The number of likely N-dealkylation sites (tertiary alicyclic amines) is 1. The largest absolute Gasteiger partial charge is 0.497 e. The maximum atomic E-state index is 6.29. The fourth-order valence-corrected chi connectivity index (χ4v) is 4.02. The van der Waals surface area contributed by atoms with Gasteiger partial charge in [-0.2, -0.15) is 0 Å². The van der Waals surface area contributed by atoms with Crippen LogP contribution in [0.15, 0.2) is 18.2 Å². The zero-order valence-electron chi connectivity index (χ0n) is 13.1. The molecule has 116 valence electrons. The highest BCUT2D eigenvalue weighted by atomic mass is 16.5. The average molecular weight is 290 g/mol. The molecular weight excluding hydrogens is 264 g/mol. The number of nitrogens with two attached hydrogens (primary N) is 1. The third-order valence-corrected chi connectivity index (χ3v) is 5.28. The predicted molar refractivity (Wildman–Crippen MR) is 83.7 cm³/mol. The summed E-state index contributed by atoms with van der Waals surface area (Å²) in [6.45, 7) is 2.69. The molecule has 2 aliphatic rings. The number of hydrogen-bond donors (Lipinski definition) is 1. The Hall–Kier alpha value is -1.10. The summed E-state index contributed by atoms with van der Waals surface area (Å²) in [5.74, 6) is 0.927. The van der Waals surface area contributed by atoms with Gasteiger partial charge in [-0.15, -0.1) is 0 Å². The van der Waals surface area contributed by atoms with E-state index in [1.54, 1.807) is 14.2 Å². The van der Waals surface area contributed by atoms with E-state index in [0.717, 1.165) is 38.1 Å². The summed E-state index contributed by atoms with van der Waals surface area (Å²) in [5.41, 5.74) is 9.03. The van der Waals surface area contributed by atoms with Crippen molar-refractivity contribution in [2.24, 2.45) is 5.73 Å². The van der Waals surface area contributed by atoms with Gasteiger partial charge in [0.2, 0.25) is 0 Å². The van der Waals surface area contributed by atoms with E-state index in [9.17, 15) is 0 Å². The van der Waals surface area contributed by atoms with E-state index in [0.29, 0.717) is 12.6 Å². The number of rotatable bonds is 4. The maximum absolute atomic E-state index is 6.29. The minimum Gasteiger partial charge on any atom is -0.497 e. The van der Waals surface area contributed by atoms with Gasteiger partial charge in [0.15, 0.2) is 0 Å². The third kappa shape index (κ3) is 2.45. The molecule has 0 saturated carbocycles. The van der Waals surface area contributed by atoms with Crippen molar-refractivity contribution in [3.63, 3.8) is 0 Å². The second-order valence-corrected chi connectivity index (χ2v) is 6.20. The van der Waals surface area contributed by atoms with E-state index >= 15 is 0 Å². The van der Waals surface area contributed by atoms with Crippen LogP contribution in [0, 0.1) is 0 Å². The number of benzene rings is 1. The molecule has 21 heavy (non-hydrogen) atoms. The van der Waals surface area contributed by atoms with Gasteiger partial charge >= 0.3 is 0 Å². The first-order chi connectivity index (χ1) is 10.2. The van der Waals surface area contributed by atoms with Gasteiger partial charge in [0.25, 0.3) is 0 Å². The van der Waals surface area contributed by atoms with Gasteiger partial charge in [-0.1, -0.05) is 6.07 Å². The fraction of sp³-hybridized carbons (Fsp3) is 0.647. The van der Waals surface area contributed by atoms with Gasteiger partial charge < -0.3 is 15.2 Å². The van der Waals surface area contributed by atoms with E-state index in [2.05, 4.69) is 23.1 Å². The second-order valence-electron chi connectivity index (χ2n) is 6.20. The SMILES string of the molecule is COc1ccc2c(c1)C(CN)(N1CCC(OC)C1)CCC2. The molecule has 1 aromatic rings. The van der Waals surface area contributed by atoms with Crippen LogP contribution in [0.1, 0.15) is 30.4 Å². The zero-order valence-corrected chi connectivity index (χ0v) is 13.1. The topological polar surface area (TPSA) is 47.7 Å². The van der Waals surface area contributed by atoms with Crippen molar-refractivity contribution in [1.82, 2.24) is 4.90 Å². The van der Waals surface area contributed by atoms with E-state index in [1.165, 1.54) is 17.5 Å². The van der Waals surface area contributed by atoms with Crippen LogP contribution in [-0.2, 0) is 16.7 Å². The maximum Gasteiger partial charge on any atom is 0.119 e. The molecule has 0 aromatic heterocycles. The Morgan fingerprint density at radius 2 is 2.24 bits per heavy atom. The molecule has 2 atom stereocenters. The molecule has 0 bridgehead atoms. The molecular formula is C17H26N2O2. The summed E-state index contributed by atoms with van der Waals surface area (Å²) in [4.78, 5) is 2.54. The smallest absolute Gasteiger partial charge is 0.119 e. The summed E-state index contributed by atoms with van der Waals surface area (Å²) in [6, 6.07) is 6.47. The normalized spacial score (nSPS) is 29.4. The first kappa shape index (κ1) is 14.8. The van der Waals surface area contributed by atoms with E-state index in [4.69, 9.17) is 15.2 Å². The first-order valence-electron chi connectivity index (χ1n) is 7.89. The highest BCUT2D eigenvalue weighted by Gasteiger charge is 2.43. The molecule has 3 rings (SSSR count). The number of aryl methyl sites for hydroxylation is 1. The molecule has 1 aliphatic heterocycles. The highest BCUT2D eigenvalue weighted by molar-refractivity contribution is 5.42. The standard InChI is InChI=1S/C17H26N2O2/c1-20-14-6-5-13-4-3-8-17(12-18,16(13)10-14)19-9-7-15(11-19)21-2/h5-6,10,15H,3-4,7-9,11-12,18H2,1-2H3. The minimum atomic E-state index is -0.0462. The average Bonchev–Trinajstić information content (AvgIpc) is 3.03. The second kappa shape index (κ2) is 5.95. The monoisotopic (exact) mass is 290 g/mol. The van der Waals surface area contributed by atoms with Gasteiger partial charge in [-0.05, 0) is 48.9 Å². The summed E-state index contributed by atoms with van der Waals surface area (Å²) >= 11 is 0. The number of hydrogen-bond acceptors (Lipinski definition) is 4. The summed E-state index contributed by atoms with van der Waals surface area (Å²) in [5, 5.41) is 0. The molecule has 0 spiro atoms.